The Kier molecular flexibility index (Phi) is 4.45. The molecule has 2 rings (SSSR count). The first-order valence-corrected chi connectivity index (χ1v) is 8.48. The van der Waals surface area contributed by atoms with Gasteiger partial charge in [0.15, 0.2) is 9.84 Å². The summed E-state index contributed by atoms with van der Waals surface area (Å²) < 4.78 is 23.1. The summed E-state index contributed by atoms with van der Waals surface area (Å²) >= 11 is 0. The first-order valence-electron chi connectivity index (χ1n) is 6.66. The SMILES string of the molecule is CCS(=O)(=O)CCN1Cc2ccccc2C(C(=O)O)C1. The van der Waals surface area contributed by atoms with Crippen molar-refractivity contribution in [2.24, 2.45) is 0 Å². The minimum Gasteiger partial charge on any atom is -0.481 e. The molecule has 0 aliphatic carbocycles. The number of nitrogens with zero attached hydrogens (tertiary/aromatic N) is 1. The van der Waals surface area contributed by atoms with Gasteiger partial charge in [-0.25, -0.2) is 8.42 Å². The number of fused-ring (bicyclic) bond motifs is 1. The fraction of sp³-hybridized carbons (Fsp3) is 0.500. The molecule has 5 nitrogen and oxygen atoms in total. The van der Waals surface area contributed by atoms with E-state index >= 15 is 0 Å². The van der Waals surface area contributed by atoms with E-state index in [1.165, 1.54) is 0 Å². The van der Waals surface area contributed by atoms with Crippen LogP contribution in [0.2, 0.25) is 0 Å². The molecule has 1 aromatic carbocycles. The maximum Gasteiger partial charge on any atom is 0.312 e. The van der Waals surface area contributed by atoms with E-state index in [2.05, 4.69) is 0 Å². The molecular formula is C14H19NO4S. The molecule has 0 saturated heterocycles. The van der Waals surface area contributed by atoms with E-state index in [-0.39, 0.29) is 11.5 Å². The monoisotopic (exact) mass is 297 g/mol. The summed E-state index contributed by atoms with van der Waals surface area (Å²) in [6.07, 6.45) is 0. The molecule has 0 fully saturated rings. The number of sulfone groups is 1. The molecule has 6 heteroatoms. The Morgan fingerprint density at radius 1 is 1.40 bits per heavy atom. The van der Waals surface area contributed by atoms with Crippen LogP contribution in [0.15, 0.2) is 24.3 Å². The second kappa shape index (κ2) is 5.93. The van der Waals surface area contributed by atoms with Gasteiger partial charge in [-0.2, -0.15) is 0 Å². The molecule has 0 bridgehead atoms. The molecule has 0 aromatic heterocycles. The van der Waals surface area contributed by atoms with Crippen LogP contribution in [0.4, 0.5) is 0 Å². The summed E-state index contributed by atoms with van der Waals surface area (Å²) in [5.74, 6) is -1.23. The molecule has 20 heavy (non-hydrogen) atoms. The van der Waals surface area contributed by atoms with E-state index in [0.717, 1.165) is 11.1 Å². The van der Waals surface area contributed by atoms with E-state index in [9.17, 15) is 18.3 Å². The number of hydrogen-bond donors (Lipinski definition) is 1. The Morgan fingerprint density at radius 2 is 2.10 bits per heavy atom. The summed E-state index contributed by atoms with van der Waals surface area (Å²) in [6, 6.07) is 7.47. The Morgan fingerprint density at radius 3 is 2.75 bits per heavy atom. The second-order valence-corrected chi connectivity index (χ2v) is 7.53. The number of aliphatic carboxylic acids is 1. The molecule has 0 amide bonds. The van der Waals surface area contributed by atoms with Crippen LogP contribution in [-0.4, -0.2) is 49.0 Å². The van der Waals surface area contributed by atoms with Crippen LogP contribution in [0.25, 0.3) is 0 Å². The molecule has 1 N–H and O–H groups in total. The largest absolute Gasteiger partial charge is 0.481 e. The molecule has 1 aliphatic heterocycles. The van der Waals surface area contributed by atoms with E-state index in [4.69, 9.17) is 0 Å². The molecule has 1 heterocycles. The number of rotatable bonds is 5. The van der Waals surface area contributed by atoms with Crippen LogP contribution in [0.1, 0.15) is 24.0 Å². The van der Waals surface area contributed by atoms with Gasteiger partial charge in [-0.05, 0) is 11.1 Å². The average molecular weight is 297 g/mol. The zero-order valence-electron chi connectivity index (χ0n) is 11.4. The number of carbonyl (C=O) groups is 1. The van der Waals surface area contributed by atoms with Crippen molar-refractivity contribution in [3.05, 3.63) is 35.4 Å². The second-order valence-electron chi connectivity index (χ2n) is 5.06. The van der Waals surface area contributed by atoms with Gasteiger partial charge in [0.2, 0.25) is 0 Å². The minimum atomic E-state index is -3.02. The van der Waals surface area contributed by atoms with Crippen LogP contribution in [-0.2, 0) is 21.2 Å². The standard InChI is InChI=1S/C14H19NO4S/c1-2-20(18,19)8-7-15-9-11-5-3-4-6-12(11)13(10-15)14(16)17/h3-6,13H,2,7-10H2,1H3,(H,16,17). The first kappa shape index (κ1) is 15.0. The maximum atomic E-state index is 11.6. The highest BCUT2D eigenvalue weighted by atomic mass is 32.2. The number of hydrogen-bond acceptors (Lipinski definition) is 4. The predicted octanol–water partition coefficient (Wildman–Crippen LogP) is 1.11. The van der Waals surface area contributed by atoms with Crippen molar-refractivity contribution in [2.45, 2.75) is 19.4 Å². The van der Waals surface area contributed by atoms with Gasteiger partial charge in [-0.3, -0.25) is 9.69 Å². The molecule has 0 radical (unpaired) electrons. The Hall–Kier alpha value is -1.40. The lowest BCUT2D eigenvalue weighted by molar-refractivity contribution is -0.139. The molecule has 110 valence electrons. The summed E-state index contributed by atoms with van der Waals surface area (Å²) in [5, 5.41) is 9.33. The zero-order valence-corrected chi connectivity index (χ0v) is 12.3. The predicted molar refractivity (Wildman–Crippen MR) is 76.4 cm³/mol. The molecule has 0 spiro atoms. The van der Waals surface area contributed by atoms with E-state index in [0.29, 0.717) is 19.6 Å². The maximum absolute atomic E-state index is 11.6. The summed E-state index contributed by atoms with van der Waals surface area (Å²) in [5.41, 5.74) is 1.81. The first-order chi connectivity index (χ1) is 9.43. The fourth-order valence-corrected chi connectivity index (χ4v) is 3.30. The number of benzene rings is 1. The summed E-state index contributed by atoms with van der Waals surface area (Å²) in [7, 11) is -3.02. The zero-order chi connectivity index (χ0) is 14.8. The van der Waals surface area contributed by atoms with Gasteiger partial charge < -0.3 is 5.11 Å². The number of carboxylic acid groups (broad SMARTS) is 1. The molecule has 1 aromatic rings. The topological polar surface area (TPSA) is 74.7 Å². The van der Waals surface area contributed by atoms with Crippen LogP contribution in [0.3, 0.4) is 0 Å². The van der Waals surface area contributed by atoms with E-state index in [1.807, 2.05) is 29.2 Å². The van der Waals surface area contributed by atoms with Gasteiger partial charge in [0.1, 0.15) is 0 Å². The highest BCUT2D eigenvalue weighted by Crippen LogP contribution is 2.28. The average Bonchev–Trinajstić information content (AvgIpc) is 2.44. The Balaban J connectivity index is 2.14. The van der Waals surface area contributed by atoms with Gasteiger partial charge >= 0.3 is 5.97 Å². The molecule has 0 saturated carbocycles. The molecule has 1 unspecified atom stereocenters. The van der Waals surface area contributed by atoms with Crippen LogP contribution in [0, 0.1) is 0 Å². The third kappa shape index (κ3) is 3.37. The van der Waals surface area contributed by atoms with Crippen molar-refractivity contribution in [1.29, 1.82) is 0 Å². The van der Waals surface area contributed by atoms with Gasteiger partial charge in [0.25, 0.3) is 0 Å². The van der Waals surface area contributed by atoms with Crippen LogP contribution in [0.5, 0.6) is 0 Å². The van der Waals surface area contributed by atoms with Crippen molar-refractivity contribution in [2.75, 3.05) is 24.6 Å². The van der Waals surface area contributed by atoms with Gasteiger partial charge in [-0.1, -0.05) is 31.2 Å². The quantitative estimate of drug-likeness (QED) is 0.881. The van der Waals surface area contributed by atoms with E-state index in [1.54, 1.807) is 6.92 Å². The van der Waals surface area contributed by atoms with Crippen molar-refractivity contribution >= 4 is 15.8 Å². The fourth-order valence-electron chi connectivity index (χ4n) is 2.47. The normalized spacial score (nSPS) is 19.6. The highest BCUT2D eigenvalue weighted by Gasteiger charge is 2.30. The van der Waals surface area contributed by atoms with Gasteiger partial charge in [-0.15, -0.1) is 0 Å². The van der Waals surface area contributed by atoms with Crippen molar-refractivity contribution in [3.8, 4) is 0 Å². The van der Waals surface area contributed by atoms with E-state index < -0.39 is 21.7 Å². The number of carboxylic acids is 1. The smallest absolute Gasteiger partial charge is 0.312 e. The minimum absolute atomic E-state index is 0.0814. The molecule has 1 atom stereocenters. The van der Waals surface area contributed by atoms with Gasteiger partial charge in [0, 0.05) is 25.4 Å². The van der Waals surface area contributed by atoms with Crippen LogP contribution < -0.4 is 0 Å². The van der Waals surface area contributed by atoms with Gasteiger partial charge in [0.05, 0.1) is 11.7 Å². The lowest BCUT2D eigenvalue weighted by Gasteiger charge is -2.32. The highest BCUT2D eigenvalue weighted by molar-refractivity contribution is 7.91. The van der Waals surface area contributed by atoms with Crippen LogP contribution >= 0.6 is 0 Å². The lowest BCUT2D eigenvalue weighted by Crippen LogP contribution is -2.39. The third-order valence-electron chi connectivity index (χ3n) is 3.72. The lowest BCUT2D eigenvalue weighted by atomic mass is 9.90. The summed E-state index contributed by atoms with van der Waals surface area (Å²) in [4.78, 5) is 13.3. The van der Waals surface area contributed by atoms with Crippen molar-refractivity contribution in [1.82, 2.24) is 4.90 Å². The third-order valence-corrected chi connectivity index (χ3v) is 5.41. The Bertz CT molecular complexity index is 597. The molecule has 1 aliphatic rings. The Labute approximate surface area is 119 Å². The van der Waals surface area contributed by atoms with Crippen molar-refractivity contribution < 1.29 is 18.3 Å². The summed E-state index contributed by atoms with van der Waals surface area (Å²) in [6.45, 7) is 2.99. The van der Waals surface area contributed by atoms with Crippen molar-refractivity contribution in [3.63, 3.8) is 0 Å². The molecular weight excluding hydrogens is 278 g/mol.